The molecule has 0 bridgehead atoms. The smallest absolute Gasteiger partial charge is 1.00 e. The molecule has 0 aliphatic rings. The number of carbonyl (C=O) groups excluding carboxylic acids is 1. The van der Waals surface area contributed by atoms with E-state index in [-0.39, 0.29) is 67.9 Å². The Morgan fingerprint density at radius 3 is 1.56 bits per heavy atom. The van der Waals surface area contributed by atoms with Crippen molar-refractivity contribution in [2.45, 2.75) is 84.4 Å². The molecule has 8 rings (SSSR count). The van der Waals surface area contributed by atoms with Gasteiger partial charge in [-0.15, -0.1) is 0 Å². The molecule has 0 aliphatic carbocycles. The zero-order chi connectivity index (χ0) is 46.0. The van der Waals surface area contributed by atoms with Gasteiger partial charge in [-0.2, -0.15) is 26.3 Å². The van der Waals surface area contributed by atoms with Crippen LogP contribution in [-0.2, 0) is 44.9 Å². The van der Waals surface area contributed by atoms with E-state index in [0.29, 0.717) is 67.2 Å². The maximum Gasteiger partial charge on any atom is 1.00 e. The van der Waals surface area contributed by atoms with Crippen LogP contribution in [0.25, 0.3) is 43.7 Å². The molecular weight excluding hydrogens is 880 g/mol. The van der Waals surface area contributed by atoms with Crippen molar-refractivity contribution in [2.24, 2.45) is 0 Å². The third-order valence-electron chi connectivity index (χ3n) is 10.5. The second-order valence-corrected chi connectivity index (χ2v) is 14.8. The van der Waals surface area contributed by atoms with Crippen LogP contribution in [0.1, 0.15) is 79.4 Å². The van der Waals surface area contributed by atoms with Gasteiger partial charge < -0.3 is 39.3 Å². The van der Waals surface area contributed by atoms with E-state index in [1.165, 1.54) is 12.1 Å². The SMILES string of the molecule is CCCc1c(OCCCn2ccc3cc(C=O)ccc32)ccc2c(C(F)(F)F)noc12.CCCc1c(OCCCn2ccc3cc(CO)ccc32)ccc2c(C(F)(F)F)noc12.CO.[B].[H-].[Na+]. The van der Waals surface area contributed by atoms with Crippen LogP contribution in [0, 0.1) is 0 Å². The summed E-state index contributed by atoms with van der Waals surface area (Å²) in [6.07, 6.45) is -0.395. The molecule has 0 aliphatic heterocycles. The summed E-state index contributed by atoms with van der Waals surface area (Å²) < 4.78 is 105. The van der Waals surface area contributed by atoms with Crippen molar-refractivity contribution in [3.8, 4) is 11.5 Å². The molecule has 0 unspecified atom stereocenters. The normalized spacial score (nSPS) is 11.4. The van der Waals surface area contributed by atoms with Gasteiger partial charge in [0, 0.05) is 74.1 Å². The zero-order valence-corrected chi connectivity index (χ0v) is 39.0. The van der Waals surface area contributed by atoms with Gasteiger partial charge in [-0.1, -0.05) is 43.1 Å². The molecule has 0 atom stereocenters. The Balaban J connectivity index is 0.000000328. The monoisotopic (exact) mass is 929 g/mol. The standard InChI is InChI=1S/C23H23F3N2O3.C23H21F3N2O3.CH4O.B.Na.H/c2*1-2-4-17-20(8-6-18-21(17)31-27-22(18)23(24,25)26)30-12-3-10-28-11-9-16-13-15(14-29)5-7-19(16)28;1-2;;;/h5-9,11,13,29H,2-4,10,12,14H2,1H3;5-9,11,13-14H,2-4,10,12H2,1H3;2H,1H3;;;/q;;;;+1;-1. The van der Waals surface area contributed by atoms with Crippen LogP contribution < -0.4 is 39.0 Å². The second kappa shape index (κ2) is 24.0. The van der Waals surface area contributed by atoms with Crippen molar-refractivity contribution in [2.75, 3.05) is 20.3 Å². The Labute approximate surface area is 402 Å². The predicted molar refractivity (Wildman–Crippen MR) is 236 cm³/mol. The minimum Gasteiger partial charge on any atom is -1.00 e. The number of aliphatic hydroxyl groups excluding tert-OH is 2. The molecule has 0 saturated carbocycles. The van der Waals surface area contributed by atoms with Crippen molar-refractivity contribution in [3.63, 3.8) is 0 Å². The fourth-order valence-corrected chi connectivity index (χ4v) is 7.60. The molecule has 345 valence electrons. The molecule has 2 N–H and O–H groups in total. The summed E-state index contributed by atoms with van der Waals surface area (Å²) in [6.45, 7) is 6.14. The summed E-state index contributed by atoms with van der Waals surface area (Å²) >= 11 is 0. The molecule has 4 aromatic heterocycles. The minimum absolute atomic E-state index is 0. The molecular formula is C47H49BF6N4NaO7. The number of benzene rings is 4. The average molecular weight is 930 g/mol. The van der Waals surface area contributed by atoms with Crippen LogP contribution >= 0.6 is 0 Å². The Hall–Kier alpha value is -5.27. The van der Waals surface area contributed by atoms with E-state index in [0.717, 1.165) is 66.6 Å². The molecule has 0 saturated heterocycles. The van der Waals surface area contributed by atoms with Crippen LogP contribution in [0.15, 0.2) is 94.2 Å². The largest absolute Gasteiger partial charge is 1.00 e. The summed E-state index contributed by atoms with van der Waals surface area (Å²) in [7, 11) is 1.00. The van der Waals surface area contributed by atoms with Gasteiger partial charge in [0.1, 0.15) is 17.8 Å². The van der Waals surface area contributed by atoms with Gasteiger partial charge in [-0.05, 0) is 103 Å². The number of aryl methyl sites for hydroxylation is 4. The maximum absolute atomic E-state index is 13.1. The average Bonchev–Trinajstić information content (AvgIpc) is 4.10. The number of hydrogen-bond acceptors (Lipinski definition) is 9. The minimum atomic E-state index is -4.57. The van der Waals surface area contributed by atoms with E-state index in [2.05, 4.69) is 19.4 Å². The van der Waals surface area contributed by atoms with Crippen molar-refractivity contribution in [1.29, 1.82) is 0 Å². The summed E-state index contributed by atoms with van der Waals surface area (Å²) in [4.78, 5) is 10.9. The Bertz CT molecular complexity index is 2820. The predicted octanol–water partition coefficient (Wildman–Crippen LogP) is 8.09. The zero-order valence-electron chi connectivity index (χ0n) is 38.0. The number of aromatic nitrogens is 4. The second-order valence-electron chi connectivity index (χ2n) is 14.8. The van der Waals surface area contributed by atoms with E-state index in [4.69, 9.17) is 23.6 Å². The number of hydrogen-bond donors (Lipinski definition) is 2. The maximum atomic E-state index is 13.1. The van der Waals surface area contributed by atoms with Crippen LogP contribution in [0.4, 0.5) is 26.3 Å². The molecule has 8 aromatic rings. The first kappa shape index (κ1) is 53.4. The number of aldehydes is 1. The van der Waals surface area contributed by atoms with Gasteiger partial charge in [0.05, 0.1) is 30.6 Å². The number of ether oxygens (including phenoxy) is 2. The van der Waals surface area contributed by atoms with Crippen LogP contribution in [0.3, 0.4) is 0 Å². The van der Waals surface area contributed by atoms with E-state index < -0.39 is 23.7 Å². The fourth-order valence-electron chi connectivity index (χ4n) is 7.60. The van der Waals surface area contributed by atoms with Gasteiger partial charge in [0.15, 0.2) is 22.6 Å². The number of rotatable bonds is 16. The van der Waals surface area contributed by atoms with E-state index in [1.807, 2.05) is 68.7 Å². The first-order valence-electron chi connectivity index (χ1n) is 20.7. The number of alkyl halides is 6. The molecule has 11 nitrogen and oxygen atoms in total. The van der Waals surface area contributed by atoms with Crippen LogP contribution in [-0.4, -0.2) is 64.7 Å². The van der Waals surface area contributed by atoms with Crippen LogP contribution in [0.2, 0.25) is 0 Å². The molecule has 3 radical (unpaired) electrons. The first-order valence-corrected chi connectivity index (χ1v) is 20.7. The fraction of sp³-hybridized carbons (Fsp3) is 0.340. The van der Waals surface area contributed by atoms with Crippen LogP contribution in [0.5, 0.6) is 11.5 Å². The van der Waals surface area contributed by atoms with E-state index in [1.54, 1.807) is 18.2 Å². The van der Waals surface area contributed by atoms with Crippen molar-refractivity contribution in [3.05, 3.63) is 119 Å². The first-order chi connectivity index (χ1) is 30.8. The number of halogens is 6. The van der Waals surface area contributed by atoms with Crippen molar-refractivity contribution >= 4 is 58.4 Å². The molecule has 19 heteroatoms. The number of nitrogens with zero attached hydrogens (tertiary/aromatic N) is 4. The summed E-state index contributed by atoms with van der Waals surface area (Å²) in [6, 6.07) is 21.2. The molecule has 66 heavy (non-hydrogen) atoms. The van der Waals surface area contributed by atoms with Gasteiger partial charge in [0.2, 0.25) is 0 Å². The Morgan fingerprint density at radius 2 is 1.14 bits per heavy atom. The van der Waals surface area contributed by atoms with Crippen molar-refractivity contribution in [1.82, 2.24) is 19.4 Å². The van der Waals surface area contributed by atoms with Crippen molar-refractivity contribution < 1.29 is 90.9 Å². The van der Waals surface area contributed by atoms with Gasteiger partial charge >= 0.3 is 41.9 Å². The third-order valence-corrected chi connectivity index (χ3v) is 10.5. The molecule has 0 amide bonds. The van der Waals surface area contributed by atoms with Gasteiger partial charge in [-0.3, -0.25) is 4.79 Å². The Morgan fingerprint density at radius 1 is 0.682 bits per heavy atom. The third kappa shape index (κ3) is 12.2. The molecule has 0 fully saturated rings. The number of carbonyl (C=O) groups is 1. The quantitative estimate of drug-likeness (QED) is 0.0427. The van der Waals surface area contributed by atoms with Gasteiger partial charge in [-0.25, -0.2) is 0 Å². The number of aliphatic hydroxyl groups is 2. The van der Waals surface area contributed by atoms with E-state index >= 15 is 0 Å². The summed E-state index contributed by atoms with van der Waals surface area (Å²) in [5.74, 6) is 1.05. The molecule has 4 heterocycles. The molecule has 0 spiro atoms. The molecule has 4 aromatic carbocycles. The topological polar surface area (TPSA) is 138 Å². The summed E-state index contributed by atoms with van der Waals surface area (Å²) in [5.41, 5.74) is 3.09. The van der Waals surface area contributed by atoms with Gasteiger partial charge in [0.25, 0.3) is 0 Å². The van der Waals surface area contributed by atoms with E-state index in [9.17, 15) is 36.2 Å². The number of fused-ring (bicyclic) bond motifs is 4. The Kier molecular flexibility index (Phi) is 19.4. The summed E-state index contributed by atoms with van der Waals surface area (Å²) in [5, 5.41) is 24.7.